The van der Waals surface area contributed by atoms with Gasteiger partial charge in [0.15, 0.2) is 0 Å². The maximum absolute atomic E-state index is 12.0. The molecular formula is C16H17N5O. The Bertz CT molecular complexity index is 875. The molecule has 0 fully saturated rings. The Hall–Kier alpha value is -2.76. The Labute approximate surface area is 127 Å². The first kappa shape index (κ1) is 14.2. The summed E-state index contributed by atoms with van der Waals surface area (Å²) in [5.41, 5.74) is 1.39. The summed E-state index contributed by atoms with van der Waals surface area (Å²) >= 11 is 0. The number of H-pyrrole nitrogens is 1. The van der Waals surface area contributed by atoms with E-state index >= 15 is 0 Å². The zero-order valence-electron chi connectivity index (χ0n) is 12.5. The summed E-state index contributed by atoms with van der Waals surface area (Å²) < 4.78 is 1.91. The predicted octanol–water partition coefficient (Wildman–Crippen LogP) is 2.34. The van der Waals surface area contributed by atoms with Gasteiger partial charge in [0.2, 0.25) is 0 Å². The summed E-state index contributed by atoms with van der Waals surface area (Å²) in [6.07, 6.45) is 10.6. The molecule has 0 bridgehead atoms. The average molecular weight is 295 g/mol. The van der Waals surface area contributed by atoms with E-state index in [2.05, 4.69) is 33.9 Å². The minimum absolute atomic E-state index is 0.164. The first-order valence-electron chi connectivity index (χ1n) is 7.16. The normalized spacial score (nSPS) is 11.8. The highest BCUT2D eigenvalue weighted by Gasteiger charge is 2.02. The molecule has 0 aliphatic carbocycles. The van der Waals surface area contributed by atoms with E-state index in [-0.39, 0.29) is 5.56 Å². The number of hydrogen-bond acceptors (Lipinski definition) is 4. The highest BCUT2D eigenvalue weighted by Crippen LogP contribution is 2.08. The van der Waals surface area contributed by atoms with Crippen LogP contribution in [0.15, 0.2) is 35.6 Å². The molecule has 0 saturated heterocycles. The summed E-state index contributed by atoms with van der Waals surface area (Å²) in [5.74, 6) is 1.05. The lowest BCUT2D eigenvalue weighted by molar-refractivity contribution is 0.483. The van der Waals surface area contributed by atoms with E-state index in [1.54, 1.807) is 30.7 Å². The van der Waals surface area contributed by atoms with Gasteiger partial charge in [-0.3, -0.25) is 14.5 Å². The summed E-state index contributed by atoms with van der Waals surface area (Å²) in [6, 6.07) is 1.66. The maximum atomic E-state index is 12.0. The number of hydrogen-bond donors (Lipinski definition) is 1. The van der Waals surface area contributed by atoms with Crippen molar-refractivity contribution in [2.24, 2.45) is 5.92 Å². The molecule has 1 N–H and O–H groups in total. The molecule has 0 amide bonds. The van der Waals surface area contributed by atoms with E-state index < -0.39 is 0 Å². The van der Waals surface area contributed by atoms with Gasteiger partial charge in [0.05, 0.1) is 23.3 Å². The number of fused-ring (bicyclic) bond motifs is 1. The van der Waals surface area contributed by atoms with Crippen LogP contribution in [0.4, 0.5) is 0 Å². The lowest BCUT2D eigenvalue weighted by Gasteiger charge is -2.02. The molecule has 6 heteroatoms. The Morgan fingerprint density at radius 1 is 1.32 bits per heavy atom. The molecule has 0 aliphatic heterocycles. The average Bonchev–Trinajstić information content (AvgIpc) is 2.92. The topological polar surface area (TPSA) is 76.5 Å². The number of rotatable bonds is 4. The van der Waals surface area contributed by atoms with Crippen molar-refractivity contribution >= 4 is 23.1 Å². The lowest BCUT2D eigenvalue weighted by atomic mass is 10.2. The number of nitrogens with zero attached hydrogens (tertiary/aromatic N) is 4. The predicted molar refractivity (Wildman–Crippen MR) is 86.2 cm³/mol. The van der Waals surface area contributed by atoms with Gasteiger partial charge < -0.3 is 4.98 Å². The smallest absolute Gasteiger partial charge is 0.259 e. The molecule has 3 aromatic rings. The third-order valence-electron chi connectivity index (χ3n) is 3.17. The van der Waals surface area contributed by atoms with Gasteiger partial charge in [0, 0.05) is 24.5 Å². The van der Waals surface area contributed by atoms with Gasteiger partial charge in [-0.05, 0) is 24.1 Å². The molecule has 0 unspecified atom stereocenters. The molecule has 112 valence electrons. The van der Waals surface area contributed by atoms with Crippen molar-refractivity contribution in [1.29, 1.82) is 0 Å². The van der Waals surface area contributed by atoms with Gasteiger partial charge in [-0.15, -0.1) is 0 Å². The zero-order chi connectivity index (χ0) is 15.5. The van der Waals surface area contributed by atoms with Crippen molar-refractivity contribution in [2.45, 2.75) is 20.4 Å². The molecule has 3 aromatic heterocycles. The van der Waals surface area contributed by atoms with Crippen LogP contribution >= 0.6 is 0 Å². The van der Waals surface area contributed by atoms with E-state index in [9.17, 15) is 4.79 Å². The van der Waals surface area contributed by atoms with Crippen LogP contribution in [0, 0.1) is 5.92 Å². The lowest BCUT2D eigenvalue weighted by Crippen LogP contribution is -2.09. The van der Waals surface area contributed by atoms with Crippen LogP contribution in [0.25, 0.3) is 23.1 Å². The number of aromatic amines is 1. The molecule has 22 heavy (non-hydrogen) atoms. The minimum Gasteiger partial charge on any atom is -0.306 e. The standard InChI is InChI=1S/C16H17N5O/c1-11(2)9-21-10-12(7-18-21)3-4-15-19-14-8-17-6-5-13(14)16(22)20-15/h3-8,10-11H,9H2,1-2H3,(H,19,20,22)/b4-3+. The quantitative estimate of drug-likeness (QED) is 0.801. The molecule has 0 aliphatic rings. The Balaban J connectivity index is 1.86. The third-order valence-corrected chi connectivity index (χ3v) is 3.17. The molecule has 0 atom stereocenters. The first-order valence-corrected chi connectivity index (χ1v) is 7.16. The second kappa shape index (κ2) is 5.93. The second-order valence-electron chi connectivity index (χ2n) is 5.57. The summed E-state index contributed by atoms with van der Waals surface area (Å²) in [4.78, 5) is 23.1. The number of aromatic nitrogens is 5. The summed E-state index contributed by atoms with van der Waals surface area (Å²) in [7, 11) is 0. The fourth-order valence-electron chi connectivity index (χ4n) is 2.20. The van der Waals surface area contributed by atoms with E-state index in [1.165, 1.54) is 0 Å². The van der Waals surface area contributed by atoms with Crippen LogP contribution in [-0.4, -0.2) is 24.7 Å². The second-order valence-corrected chi connectivity index (χ2v) is 5.57. The van der Waals surface area contributed by atoms with Gasteiger partial charge in [0.1, 0.15) is 5.82 Å². The van der Waals surface area contributed by atoms with E-state index in [0.29, 0.717) is 22.6 Å². The van der Waals surface area contributed by atoms with Crippen molar-refractivity contribution in [1.82, 2.24) is 24.7 Å². The van der Waals surface area contributed by atoms with Crippen molar-refractivity contribution in [3.8, 4) is 0 Å². The summed E-state index contributed by atoms with van der Waals surface area (Å²) in [5, 5.41) is 4.84. The molecule has 3 heterocycles. The maximum Gasteiger partial charge on any atom is 0.259 e. The molecule has 0 saturated carbocycles. The van der Waals surface area contributed by atoms with Gasteiger partial charge in [0.25, 0.3) is 5.56 Å². The molecule has 0 radical (unpaired) electrons. The van der Waals surface area contributed by atoms with Crippen LogP contribution in [0.3, 0.4) is 0 Å². The van der Waals surface area contributed by atoms with Crippen molar-refractivity contribution < 1.29 is 0 Å². The first-order chi connectivity index (χ1) is 10.6. The summed E-state index contributed by atoms with van der Waals surface area (Å²) in [6.45, 7) is 5.18. The van der Waals surface area contributed by atoms with Crippen LogP contribution in [0.5, 0.6) is 0 Å². The zero-order valence-corrected chi connectivity index (χ0v) is 12.5. The fraction of sp³-hybridized carbons (Fsp3) is 0.250. The van der Waals surface area contributed by atoms with Gasteiger partial charge in [-0.25, -0.2) is 4.98 Å². The van der Waals surface area contributed by atoms with Crippen LogP contribution in [0.2, 0.25) is 0 Å². The minimum atomic E-state index is -0.164. The highest BCUT2D eigenvalue weighted by molar-refractivity contribution is 5.77. The Kier molecular flexibility index (Phi) is 3.82. The van der Waals surface area contributed by atoms with Crippen LogP contribution < -0.4 is 5.56 Å². The Morgan fingerprint density at radius 3 is 3.00 bits per heavy atom. The van der Waals surface area contributed by atoms with Gasteiger partial charge >= 0.3 is 0 Å². The van der Waals surface area contributed by atoms with E-state index in [0.717, 1.165) is 12.1 Å². The Morgan fingerprint density at radius 2 is 2.18 bits per heavy atom. The van der Waals surface area contributed by atoms with Gasteiger partial charge in [-0.2, -0.15) is 5.10 Å². The molecule has 0 aromatic carbocycles. The molecule has 0 spiro atoms. The molecule has 3 rings (SSSR count). The monoisotopic (exact) mass is 295 g/mol. The van der Waals surface area contributed by atoms with E-state index in [1.807, 2.05) is 17.0 Å². The fourth-order valence-corrected chi connectivity index (χ4v) is 2.20. The van der Waals surface area contributed by atoms with Crippen LogP contribution in [-0.2, 0) is 6.54 Å². The molecule has 6 nitrogen and oxygen atoms in total. The van der Waals surface area contributed by atoms with E-state index in [4.69, 9.17) is 0 Å². The number of nitrogens with one attached hydrogen (secondary N) is 1. The number of pyridine rings is 1. The third kappa shape index (κ3) is 3.11. The van der Waals surface area contributed by atoms with Crippen molar-refractivity contribution in [2.75, 3.05) is 0 Å². The molecular weight excluding hydrogens is 278 g/mol. The van der Waals surface area contributed by atoms with Gasteiger partial charge in [-0.1, -0.05) is 13.8 Å². The van der Waals surface area contributed by atoms with Crippen LogP contribution in [0.1, 0.15) is 25.2 Å². The highest BCUT2D eigenvalue weighted by atomic mass is 16.1. The largest absolute Gasteiger partial charge is 0.306 e. The van der Waals surface area contributed by atoms with Crippen molar-refractivity contribution in [3.05, 3.63) is 52.6 Å². The SMILES string of the molecule is CC(C)Cn1cc(/C=C/c2nc3cnccc3c(=O)[nH]2)cn1. The van der Waals surface area contributed by atoms with Crippen molar-refractivity contribution in [3.63, 3.8) is 0 Å².